The van der Waals surface area contributed by atoms with Crippen molar-refractivity contribution in [3.8, 4) is 0 Å². The zero-order chi connectivity index (χ0) is 24.5. The summed E-state index contributed by atoms with van der Waals surface area (Å²) in [6, 6.07) is 11.9. The number of carbonyl (C=O) groups is 1. The summed E-state index contributed by atoms with van der Waals surface area (Å²) in [6.07, 6.45) is -2.79. The Labute approximate surface area is 200 Å². The van der Waals surface area contributed by atoms with E-state index in [2.05, 4.69) is 10.3 Å². The molecule has 2 aromatic carbocycles. The number of aryl methyl sites for hydroxylation is 1. The molecule has 0 fully saturated rings. The van der Waals surface area contributed by atoms with Gasteiger partial charge in [-0.05, 0) is 54.5 Å². The first-order valence-electron chi connectivity index (χ1n) is 10.8. The van der Waals surface area contributed by atoms with E-state index >= 15 is 0 Å². The predicted molar refractivity (Wildman–Crippen MR) is 125 cm³/mol. The lowest BCUT2D eigenvalue weighted by Gasteiger charge is -2.24. The van der Waals surface area contributed by atoms with Crippen molar-refractivity contribution in [2.75, 3.05) is 11.1 Å². The van der Waals surface area contributed by atoms with Gasteiger partial charge in [0.05, 0.1) is 28.3 Å². The van der Waals surface area contributed by atoms with Crippen molar-refractivity contribution in [1.82, 2.24) is 4.98 Å². The van der Waals surface area contributed by atoms with Crippen LogP contribution in [0.1, 0.15) is 46.5 Å². The van der Waals surface area contributed by atoms with Crippen molar-refractivity contribution < 1.29 is 26.4 Å². The summed E-state index contributed by atoms with van der Waals surface area (Å²) in [6.45, 7) is 1.57. The third-order valence-corrected chi connectivity index (χ3v) is 8.71. The van der Waals surface area contributed by atoms with Crippen molar-refractivity contribution in [2.24, 2.45) is 0 Å². The smallest absolute Gasteiger partial charge is 0.302 e. The molecular weight excluding hydrogens is 485 g/mol. The second-order valence-electron chi connectivity index (χ2n) is 8.19. The molecule has 34 heavy (non-hydrogen) atoms. The number of hydrogen-bond acceptors (Lipinski definition) is 5. The number of nitrogens with zero attached hydrogens (tertiary/aromatic N) is 1. The molecule has 5 nitrogen and oxygen atoms in total. The van der Waals surface area contributed by atoms with E-state index in [-0.39, 0.29) is 28.9 Å². The highest BCUT2D eigenvalue weighted by Gasteiger charge is 2.36. The monoisotopic (exact) mass is 508 g/mol. The third kappa shape index (κ3) is 5.33. The Bertz CT molecular complexity index is 1300. The molecular formula is C24H23F3N2O3S2. The molecule has 1 aliphatic carbocycles. The maximum Gasteiger partial charge on any atom is 0.416 e. The van der Waals surface area contributed by atoms with Gasteiger partial charge in [-0.3, -0.25) is 4.79 Å². The van der Waals surface area contributed by atoms with E-state index in [1.54, 1.807) is 31.2 Å². The van der Waals surface area contributed by atoms with Crippen LogP contribution in [0.15, 0.2) is 53.4 Å². The number of anilines is 1. The van der Waals surface area contributed by atoms with Crippen LogP contribution in [0.3, 0.4) is 0 Å². The van der Waals surface area contributed by atoms with Gasteiger partial charge >= 0.3 is 6.18 Å². The molecule has 180 valence electrons. The first kappa shape index (κ1) is 24.4. The average Bonchev–Trinajstić information content (AvgIpc) is 3.20. The molecule has 0 saturated heterocycles. The molecule has 1 N–H and O–H groups in total. The van der Waals surface area contributed by atoms with Crippen molar-refractivity contribution in [2.45, 2.75) is 49.6 Å². The fourth-order valence-electron chi connectivity index (χ4n) is 4.14. The van der Waals surface area contributed by atoms with Crippen molar-refractivity contribution in [3.05, 3.63) is 75.8 Å². The van der Waals surface area contributed by atoms with E-state index < -0.39 is 21.6 Å². The number of hydrogen-bond donors (Lipinski definition) is 1. The van der Waals surface area contributed by atoms with Crippen LogP contribution in [0.5, 0.6) is 0 Å². The Kier molecular flexibility index (Phi) is 6.82. The summed E-state index contributed by atoms with van der Waals surface area (Å²) in [5.74, 6) is -0.548. The average molecular weight is 509 g/mol. The minimum absolute atomic E-state index is 0.00416. The topological polar surface area (TPSA) is 76.1 Å². The zero-order valence-corrected chi connectivity index (χ0v) is 20.0. The summed E-state index contributed by atoms with van der Waals surface area (Å²) < 4.78 is 64.1. The van der Waals surface area contributed by atoms with Crippen molar-refractivity contribution >= 4 is 32.2 Å². The highest BCUT2D eigenvalue weighted by Crippen LogP contribution is 2.41. The predicted octanol–water partition coefficient (Wildman–Crippen LogP) is 5.41. The van der Waals surface area contributed by atoms with Gasteiger partial charge in [0.2, 0.25) is 5.91 Å². The van der Waals surface area contributed by atoms with Crippen LogP contribution in [0.25, 0.3) is 0 Å². The number of halogens is 3. The van der Waals surface area contributed by atoms with Gasteiger partial charge in [-0.25, -0.2) is 13.4 Å². The minimum atomic E-state index is -4.40. The van der Waals surface area contributed by atoms with Crippen LogP contribution in [-0.2, 0) is 40.1 Å². The molecule has 0 bridgehead atoms. The number of nitrogens with one attached hydrogen (secondary N) is 1. The summed E-state index contributed by atoms with van der Waals surface area (Å²) in [5.41, 5.74) is 1.18. The molecule has 0 spiro atoms. The first-order valence-corrected chi connectivity index (χ1v) is 13.3. The summed E-state index contributed by atoms with van der Waals surface area (Å²) in [4.78, 5) is 18.1. The Morgan fingerprint density at radius 3 is 2.53 bits per heavy atom. The number of alkyl halides is 3. The van der Waals surface area contributed by atoms with Gasteiger partial charge in [-0.1, -0.05) is 37.3 Å². The van der Waals surface area contributed by atoms with Crippen LogP contribution in [-0.4, -0.2) is 25.1 Å². The molecule has 1 amide bonds. The van der Waals surface area contributed by atoms with Crippen LogP contribution >= 0.6 is 11.3 Å². The van der Waals surface area contributed by atoms with Gasteiger partial charge < -0.3 is 5.32 Å². The lowest BCUT2D eigenvalue weighted by atomic mass is 9.83. The van der Waals surface area contributed by atoms with Crippen LogP contribution in [0.4, 0.5) is 18.3 Å². The molecule has 0 saturated carbocycles. The van der Waals surface area contributed by atoms with Gasteiger partial charge in [-0.2, -0.15) is 13.2 Å². The maximum absolute atomic E-state index is 13.4. The van der Waals surface area contributed by atoms with E-state index in [1.165, 1.54) is 29.5 Å². The summed E-state index contributed by atoms with van der Waals surface area (Å²) in [5, 5.41) is 3.19. The van der Waals surface area contributed by atoms with Crippen LogP contribution in [0.2, 0.25) is 0 Å². The van der Waals surface area contributed by atoms with Gasteiger partial charge in [0.25, 0.3) is 0 Å². The molecule has 0 aliphatic heterocycles. The molecule has 3 aromatic rings. The van der Waals surface area contributed by atoms with E-state index in [4.69, 9.17) is 0 Å². The van der Waals surface area contributed by atoms with E-state index in [1.807, 2.05) is 0 Å². The molecule has 10 heteroatoms. The second-order valence-corrected chi connectivity index (χ2v) is 11.5. The lowest BCUT2D eigenvalue weighted by Crippen LogP contribution is -2.17. The Hall–Kier alpha value is -2.72. The molecule has 0 radical (unpaired) electrons. The number of sulfone groups is 1. The Balaban J connectivity index is 1.43. The highest BCUT2D eigenvalue weighted by atomic mass is 32.2. The molecule has 1 aliphatic rings. The first-order chi connectivity index (χ1) is 16.1. The number of rotatable bonds is 6. The number of thiazole rings is 1. The fraction of sp³-hybridized carbons (Fsp3) is 0.333. The van der Waals surface area contributed by atoms with Crippen molar-refractivity contribution in [3.63, 3.8) is 0 Å². The van der Waals surface area contributed by atoms with E-state index in [0.29, 0.717) is 35.5 Å². The van der Waals surface area contributed by atoms with Gasteiger partial charge in [0, 0.05) is 4.88 Å². The SMILES string of the molecule is CCS(=O)(=O)c1ccc(CC(=O)Nc2nc3c(s2)CC(c2ccccc2C(F)(F)F)CC3)cc1. The van der Waals surface area contributed by atoms with Gasteiger partial charge in [0.15, 0.2) is 15.0 Å². The molecule has 1 atom stereocenters. The zero-order valence-electron chi connectivity index (χ0n) is 18.4. The number of fused-ring (bicyclic) bond motifs is 1. The van der Waals surface area contributed by atoms with Gasteiger partial charge in [-0.15, -0.1) is 11.3 Å². The van der Waals surface area contributed by atoms with E-state index in [0.717, 1.165) is 16.6 Å². The molecule has 1 aromatic heterocycles. The quantitative estimate of drug-likeness (QED) is 0.483. The van der Waals surface area contributed by atoms with Gasteiger partial charge in [0.1, 0.15) is 0 Å². The molecule has 1 heterocycles. The summed E-state index contributed by atoms with van der Waals surface area (Å²) >= 11 is 1.29. The lowest BCUT2D eigenvalue weighted by molar-refractivity contribution is -0.138. The van der Waals surface area contributed by atoms with Crippen LogP contribution < -0.4 is 5.32 Å². The normalized spacial score (nSPS) is 16.2. The molecule has 4 rings (SSSR count). The highest BCUT2D eigenvalue weighted by molar-refractivity contribution is 7.91. The Morgan fingerprint density at radius 2 is 1.85 bits per heavy atom. The minimum Gasteiger partial charge on any atom is -0.302 e. The third-order valence-electron chi connectivity index (χ3n) is 5.92. The van der Waals surface area contributed by atoms with E-state index in [9.17, 15) is 26.4 Å². The summed E-state index contributed by atoms with van der Waals surface area (Å²) in [7, 11) is -3.30. The number of amides is 1. The Morgan fingerprint density at radius 1 is 1.15 bits per heavy atom. The molecule has 1 unspecified atom stereocenters. The second kappa shape index (κ2) is 9.50. The largest absolute Gasteiger partial charge is 0.416 e. The number of benzene rings is 2. The van der Waals surface area contributed by atoms with Crippen LogP contribution in [0, 0.1) is 0 Å². The standard InChI is InChI=1S/C24H23F3N2O3S2/c1-2-34(31,32)17-10-7-15(8-11-17)13-22(30)29-23-28-20-12-9-16(14-21(20)33-23)18-5-3-4-6-19(18)24(25,26)27/h3-8,10-11,16H,2,9,12-14H2,1H3,(H,28,29,30). The number of carbonyl (C=O) groups excluding carboxylic acids is 1. The van der Waals surface area contributed by atoms with Crippen molar-refractivity contribution in [1.29, 1.82) is 0 Å². The fourth-order valence-corrected chi connectivity index (χ4v) is 6.12. The maximum atomic E-state index is 13.4. The number of aromatic nitrogens is 1.